The third-order valence-electron chi connectivity index (χ3n) is 8.44. The van der Waals surface area contributed by atoms with E-state index < -0.39 is 5.54 Å². The lowest BCUT2D eigenvalue weighted by Crippen LogP contribution is -2.65. The summed E-state index contributed by atoms with van der Waals surface area (Å²) in [6.45, 7) is 7.13. The molecule has 0 saturated heterocycles. The largest absolute Gasteiger partial charge is 0.454 e. The number of carbonyl (C=O) groups excluding carboxylic acids is 2. The van der Waals surface area contributed by atoms with E-state index in [4.69, 9.17) is 9.47 Å². The number of para-hydroxylation sites is 2. The Kier molecular flexibility index (Phi) is 5.43. The van der Waals surface area contributed by atoms with Gasteiger partial charge in [-0.05, 0) is 55.0 Å². The lowest BCUT2D eigenvalue weighted by molar-refractivity contribution is -0.134. The molecule has 0 radical (unpaired) electrons. The second-order valence-electron chi connectivity index (χ2n) is 10.7. The first-order valence-electron chi connectivity index (χ1n) is 12.8. The fourth-order valence-electron chi connectivity index (χ4n) is 5.91. The minimum absolute atomic E-state index is 0.0986. The van der Waals surface area contributed by atoms with Crippen LogP contribution in [0.5, 0.6) is 11.5 Å². The summed E-state index contributed by atoms with van der Waals surface area (Å²) in [6.07, 6.45) is 3.25. The fraction of sp³-hybridized carbons (Fsp3) is 0.464. The average molecular weight is 489 g/mol. The van der Waals surface area contributed by atoms with Gasteiger partial charge >= 0.3 is 0 Å². The maximum atomic E-state index is 14.1. The molecular weight excluding hydrogens is 456 g/mol. The van der Waals surface area contributed by atoms with Crippen LogP contribution in [0.15, 0.2) is 42.5 Å². The minimum Gasteiger partial charge on any atom is -0.454 e. The smallest absolute Gasteiger partial charge is 0.291 e. The topological polar surface area (TPSA) is 85.7 Å². The maximum absolute atomic E-state index is 14.1. The quantitative estimate of drug-likeness (QED) is 0.597. The van der Waals surface area contributed by atoms with Gasteiger partial charge < -0.3 is 24.3 Å². The highest BCUT2D eigenvalue weighted by molar-refractivity contribution is 6.01. The van der Waals surface area contributed by atoms with Crippen molar-refractivity contribution in [3.05, 3.63) is 53.9 Å². The first-order valence-corrected chi connectivity index (χ1v) is 12.8. The lowest BCUT2D eigenvalue weighted by atomic mass is 9.77. The molecule has 6 rings (SSSR count). The van der Waals surface area contributed by atoms with Gasteiger partial charge in [-0.1, -0.05) is 44.9 Å². The lowest BCUT2D eigenvalue weighted by Gasteiger charge is -2.45. The predicted octanol–water partition coefficient (Wildman–Crippen LogP) is 4.12. The van der Waals surface area contributed by atoms with E-state index in [-0.39, 0.29) is 31.2 Å². The number of imidazole rings is 1. The number of carbonyl (C=O) groups is 2. The number of benzene rings is 2. The summed E-state index contributed by atoms with van der Waals surface area (Å²) in [7, 11) is 0. The number of rotatable bonds is 4. The van der Waals surface area contributed by atoms with E-state index in [1.54, 1.807) is 4.90 Å². The molecule has 2 aliphatic heterocycles. The van der Waals surface area contributed by atoms with Crippen LogP contribution in [-0.2, 0) is 17.9 Å². The molecule has 1 aromatic heterocycles. The molecule has 36 heavy (non-hydrogen) atoms. The van der Waals surface area contributed by atoms with Crippen LogP contribution in [0.1, 0.15) is 56.2 Å². The van der Waals surface area contributed by atoms with Gasteiger partial charge in [-0.3, -0.25) is 9.59 Å². The molecule has 4 atom stereocenters. The van der Waals surface area contributed by atoms with Gasteiger partial charge in [0, 0.05) is 12.6 Å². The third kappa shape index (κ3) is 3.62. The molecular formula is C28H32N4O4. The monoisotopic (exact) mass is 488 g/mol. The Labute approximate surface area is 210 Å². The second kappa shape index (κ2) is 8.54. The van der Waals surface area contributed by atoms with Crippen LogP contribution in [0.25, 0.3) is 11.0 Å². The Morgan fingerprint density at radius 1 is 1.14 bits per heavy atom. The Bertz CT molecular complexity index is 1350. The zero-order chi connectivity index (χ0) is 25.0. The molecule has 8 nitrogen and oxygen atoms in total. The number of hydrogen-bond acceptors (Lipinski definition) is 5. The highest BCUT2D eigenvalue weighted by atomic mass is 16.7. The van der Waals surface area contributed by atoms with Crippen molar-refractivity contribution in [3.63, 3.8) is 0 Å². The Hall–Kier alpha value is -3.55. The van der Waals surface area contributed by atoms with Crippen LogP contribution in [0.3, 0.4) is 0 Å². The van der Waals surface area contributed by atoms with E-state index >= 15 is 0 Å². The van der Waals surface area contributed by atoms with Gasteiger partial charge in [-0.2, -0.15) is 0 Å². The molecule has 8 heteroatoms. The Balaban J connectivity index is 1.38. The van der Waals surface area contributed by atoms with E-state index in [1.807, 2.05) is 54.0 Å². The standard InChI is InChI=1S/C28H32N4O4/c1-17-7-6-9-20(18(17)2)30-27(34)28(3)15-31-22-10-5-4-8-21(22)29-25(31)26(33)32(28)14-19-11-12-23-24(13-19)36-16-35-23/h4-5,8,10-13,17-18,20H,6-7,9,14-16H2,1-3H3,(H,30,34)/t17-,18-,20+,28-/m1/s1. The first-order chi connectivity index (χ1) is 17.3. The molecule has 1 saturated carbocycles. The van der Waals surface area contributed by atoms with Gasteiger partial charge in [-0.25, -0.2) is 4.98 Å². The van der Waals surface area contributed by atoms with Crippen LogP contribution in [0, 0.1) is 11.8 Å². The molecule has 2 aromatic carbocycles. The number of amides is 2. The van der Waals surface area contributed by atoms with Crippen molar-refractivity contribution in [2.75, 3.05) is 6.79 Å². The number of hydrogen-bond donors (Lipinski definition) is 1. The third-order valence-corrected chi connectivity index (χ3v) is 8.44. The van der Waals surface area contributed by atoms with Gasteiger partial charge in [0.2, 0.25) is 12.7 Å². The molecule has 0 bridgehead atoms. The average Bonchev–Trinajstić information content (AvgIpc) is 3.49. The fourth-order valence-corrected chi connectivity index (χ4v) is 5.91. The van der Waals surface area contributed by atoms with Crippen molar-refractivity contribution >= 4 is 22.8 Å². The second-order valence-corrected chi connectivity index (χ2v) is 10.7. The van der Waals surface area contributed by atoms with Gasteiger partial charge in [-0.15, -0.1) is 0 Å². The van der Waals surface area contributed by atoms with Gasteiger partial charge in [0.25, 0.3) is 5.91 Å². The van der Waals surface area contributed by atoms with E-state index in [1.165, 1.54) is 6.42 Å². The van der Waals surface area contributed by atoms with Crippen molar-refractivity contribution in [3.8, 4) is 11.5 Å². The summed E-state index contributed by atoms with van der Waals surface area (Å²) in [4.78, 5) is 34.3. The van der Waals surface area contributed by atoms with Crippen molar-refractivity contribution in [1.82, 2.24) is 19.8 Å². The molecule has 1 N–H and O–H groups in total. The summed E-state index contributed by atoms with van der Waals surface area (Å²) in [5.74, 6) is 2.27. The Morgan fingerprint density at radius 2 is 1.94 bits per heavy atom. The van der Waals surface area contributed by atoms with E-state index in [0.29, 0.717) is 35.7 Å². The molecule has 3 aromatic rings. The molecule has 1 aliphatic carbocycles. The number of nitrogens with one attached hydrogen (secondary N) is 1. The van der Waals surface area contributed by atoms with Crippen LogP contribution in [0.2, 0.25) is 0 Å². The summed E-state index contributed by atoms with van der Waals surface area (Å²) in [5.41, 5.74) is 1.39. The summed E-state index contributed by atoms with van der Waals surface area (Å²) in [6, 6.07) is 13.5. The zero-order valence-electron chi connectivity index (χ0n) is 21.0. The van der Waals surface area contributed by atoms with Gasteiger partial charge in [0.05, 0.1) is 17.6 Å². The van der Waals surface area contributed by atoms with Crippen LogP contribution in [-0.4, -0.2) is 44.6 Å². The highest BCUT2D eigenvalue weighted by Gasteiger charge is 2.49. The van der Waals surface area contributed by atoms with E-state index in [2.05, 4.69) is 24.1 Å². The molecule has 1 fully saturated rings. The van der Waals surface area contributed by atoms with Crippen molar-refractivity contribution < 1.29 is 19.1 Å². The number of aromatic nitrogens is 2. The number of ether oxygens (including phenoxy) is 2. The molecule has 3 aliphatic rings. The first kappa shape index (κ1) is 22.9. The molecule has 0 spiro atoms. The number of fused-ring (bicyclic) bond motifs is 4. The SMILES string of the molecule is C[C@@H]1[C@H](C)CCC[C@@H]1NC(=O)[C@@]1(C)Cn2c(nc3ccccc32)C(=O)N1Cc1ccc2c(c1)OCO2. The molecule has 3 heterocycles. The normalized spacial score (nSPS) is 27.2. The highest BCUT2D eigenvalue weighted by Crippen LogP contribution is 2.36. The van der Waals surface area contributed by atoms with Crippen molar-refractivity contribution in [2.24, 2.45) is 11.8 Å². The summed E-state index contributed by atoms with van der Waals surface area (Å²) < 4.78 is 12.9. The van der Waals surface area contributed by atoms with Crippen LogP contribution < -0.4 is 14.8 Å². The van der Waals surface area contributed by atoms with Gasteiger partial charge in [0.15, 0.2) is 17.3 Å². The van der Waals surface area contributed by atoms with Crippen molar-refractivity contribution in [2.45, 2.75) is 64.7 Å². The maximum Gasteiger partial charge on any atom is 0.291 e. The minimum atomic E-state index is -1.09. The summed E-state index contributed by atoms with van der Waals surface area (Å²) in [5, 5.41) is 3.35. The zero-order valence-corrected chi connectivity index (χ0v) is 21.0. The molecule has 0 unspecified atom stereocenters. The van der Waals surface area contributed by atoms with Crippen LogP contribution in [0.4, 0.5) is 0 Å². The van der Waals surface area contributed by atoms with Crippen LogP contribution >= 0.6 is 0 Å². The summed E-state index contributed by atoms with van der Waals surface area (Å²) >= 11 is 0. The molecule has 188 valence electrons. The predicted molar refractivity (Wildman–Crippen MR) is 135 cm³/mol. The van der Waals surface area contributed by atoms with E-state index in [9.17, 15) is 9.59 Å². The van der Waals surface area contributed by atoms with Crippen molar-refractivity contribution in [1.29, 1.82) is 0 Å². The van der Waals surface area contributed by atoms with E-state index in [0.717, 1.165) is 29.4 Å². The van der Waals surface area contributed by atoms with Gasteiger partial charge in [0.1, 0.15) is 5.54 Å². The molecule has 2 amide bonds. The number of nitrogens with zero attached hydrogens (tertiary/aromatic N) is 3. The Morgan fingerprint density at radius 3 is 2.81 bits per heavy atom.